The largest absolute Gasteiger partial charge is 0.507 e. The number of nitrogens with zero attached hydrogens (tertiary/aromatic N) is 6. The van der Waals surface area contributed by atoms with E-state index in [1.165, 1.54) is 36.5 Å². The fourth-order valence-electron chi connectivity index (χ4n) is 3.10. The lowest BCUT2D eigenvalue weighted by atomic mass is 10.2. The van der Waals surface area contributed by atoms with Crippen LogP contribution in [0.4, 0.5) is 27.9 Å². The third kappa shape index (κ3) is 5.89. The molecule has 3 N–H and O–H groups in total. The zero-order chi connectivity index (χ0) is 23.9. The second-order valence-electron chi connectivity index (χ2n) is 7.23. The van der Waals surface area contributed by atoms with Gasteiger partial charge in [-0.1, -0.05) is 12.1 Å². The van der Waals surface area contributed by atoms with Crippen LogP contribution >= 0.6 is 0 Å². The summed E-state index contributed by atoms with van der Waals surface area (Å²) >= 11 is 0. The molecule has 1 saturated heterocycles. The standard InChI is InChI=1S/C21H21FN8O4/c22-16-3-1-14(2-4-16)12-23-19-25-20(27-21(26-19)29-7-9-34-10-8-29)28-24-13-15-11-17(30(32)33)5-6-18(15)31/h1-6,11,13,31H,7-10,12H2,(H2,23,25,26,27,28)/b24-13+. The van der Waals surface area contributed by atoms with Crippen molar-refractivity contribution in [2.24, 2.45) is 5.10 Å². The van der Waals surface area contributed by atoms with Gasteiger partial charge >= 0.3 is 0 Å². The summed E-state index contributed by atoms with van der Waals surface area (Å²) in [4.78, 5) is 25.5. The molecular weight excluding hydrogens is 447 g/mol. The Balaban J connectivity index is 1.53. The average Bonchev–Trinajstić information content (AvgIpc) is 2.85. The first-order chi connectivity index (χ1) is 16.5. The molecule has 1 aromatic heterocycles. The van der Waals surface area contributed by atoms with E-state index >= 15 is 0 Å². The third-order valence-electron chi connectivity index (χ3n) is 4.87. The lowest BCUT2D eigenvalue weighted by Crippen LogP contribution is -2.37. The number of hydrogen-bond acceptors (Lipinski definition) is 11. The van der Waals surface area contributed by atoms with E-state index in [9.17, 15) is 19.6 Å². The van der Waals surface area contributed by atoms with Gasteiger partial charge in [0.1, 0.15) is 11.6 Å². The van der Waals surface area contributed by atoms with Gasteiger partial charge in [-0.25, -0.2) is 9.82 Å². The van der Waals surface area contributed by atoms with Gasteiger partial charge in [-0.05, 0) is 23.8 Å². The number of nitro groups is 1. The van der Waals surface area contributed by atoms with Crippen molar-refractivity contribution in [2.75, 3.05) is 41.9 Å². The molecule has 1 aliphatic rings. The number of nitro benzene ring substituents is 1. The monoisotopic (exact) mass is 468 g/mol. The number of ether oxygens (including phenoxy) is 1. The molecule has 13 heteroatoms. The molecule has 0 aliphatic carbocycles. The van der Waals surface area contributed by atoms with Crippen molar-refractivity contribution < 1.29 is 19.2 Å². The zero-order valence-corrected chi connectivity index (χ0v) is 17.9. The Bertz CT molecular complexity index is 1190. The van der Waals surface area contributed by atoms with Crippen molar-refractivity contribution >= 4 is 29.7 Å². The van der Waals surface area contributed by atoms with Crippen molar-refractivity contribution in [1.29, 1.82) is 0 Å². The molecule has 4 rings (SSSR count). The number of rotatable bonds is 8. The number of benzene rings is 2. The summed E-state index contributed by atoms with van der Waals surface area (Å²) in [6, 6.07) is 9.66. The lowest BCUT2D eigenvalue weighted by Gasteiger charge is -2.27. The fraction of sp³-hybridized carbons (Fsp3) is 0.238. The van der Waals surface area contributed by atoms with Crippen LogP contribution in [-0.4, -0.2) is 57.5 Å². The summed E-state index contributed by atoms with van der Waals surface area (Å²) in [5, 5.41) is 28.0. The number of nitrogens with one attached hydrogen (secondary N) is 2. The molecule has 1 aliphatic heterocycles. The summed E-state index contributed by atoms with van der Waals surface area (Å²) < 4.78 is 18.5. The molecule has 34 heavy (non-hydrogen) atoms. The molecule has 0 unspecified atom stereocenters. The molecule has 0 saturated carbocycles. The van der Waals surface area contributed by atoms with Gasteiger partial charge in [0.25, 0.3) is 5.69 Å². The lowest BCUT2D eigenvalue weighted by molar-refractivity contribution is -0.384. The number of aromatic nitrogens is 3. The van der Waals surface area contributed by atoms with Crippen LogP contribution in [0.15, 0.2) is 47.6 Å². The molecule has 0 spiro atoms. The molecule has 0 amide bonds. The van der Waals surface area contributed by atoms with Crippen molar-refractivity contribution in [1.82, 2.24) is 15.0 Å². The second kappa shape index (κ2) is 10.5. The molecule has 2 heterocycles. The van der Waals surface area contributed by atoms with Crippen LogP contribution in [0.5, 0.6) is 5.75 Å². The summed E-state index contributed by atoms with van der Waals surface area (Å²) in [7, 11) is 0. The van der Waals surface area contributed by atoms with E-state index in [2.05, 4.69) is 30.8 Å². The van der Waals surface area contributed by atoms with Crippen molar-refractivity contribution in [3.63, 3.8) is 0 Å². The summed E-state index contributed by atoms with van der Waals surface area (Å²) in [5.74, 6) is 0.326. The fourth-order valence-corrected chi connectivity index (χ4v) is 3.10. The van der Waals surface area contributed by atoms with E-state index in [-0.39, 0.29) is 34.7 Å². The highest BCUT2D eigenvalue weighted by Crippen LogP contribution is 2.21. The smallest absolute Gasteiger partial charge is 0.270 e. The predicted molar refractivity (Wildman–Crippen MR) is 123 cm³/mol. The van der Waals surface area contributed by atoms with Gasteiger partial charge in [0, 0.05) is 37.3 Å². The van der Waals surface area contributed by atoms with Crippen LogP contribution in [0, 0.1) is 15.9 Å². The number of phenols is 1. The van der Waals surface area contributed by atoms with E-state index in [1.54, 1.807) is 12.1 Å². The van der Waals surface area contributed by atoms with Crippen LogP contribution in [0.1, 0.15) is 11.1 Å². The average molecular weight is 468 g/mol. The Morgan fingerprint density at radius 1 is 1.15 bits per heavy atom. The maximum absolute atomic E-state index is 13.1. The van der Waals surface area contributed by atoms with Crippen LogP contribution in [0.25, 0.3) is 0 Å². The van der Waals surface area contributed by atoms with Gasteiger partial charge in [0.2, 0.25) is 17.8 Å². The van der Waals surface area contributed by atoms with Crippen molar-refractivity contribution in [3.05, 3.63) is 69.5 Å². The normalized spacial score (nSPS) is 13.7. The maximum Gasteiger partial charge on any atom is 0.270 e. The minimum absolute atomic E-state index is 0.124. The van der Waals surface area contributed by atoms with Gasteiger partial charge in [-0.15, -0.1) is 0 Å². The highest BCUT2D eigenvalue weighted by Gasteiger charge is 2.17. The summed E-state index contributed by atoms with van der Waals surface area (Å²) in [6.45, 7) is 2.64. The Morgan fingerprint density at radius 3 is 2.62 bits per heavy atom. The number of phenolic OH excluding ortho intramolecular Hbond substituents is 1. The third-order valence-corrected chi connectivity index (χ3v) is 4.87. The first kappa shape index (κ1) is 22.8. The highest BCUT2D eigenvalue weighted by molar-refractivity contribution is 5.84. The van der Waals surface area contributed by atoms with E-state index in [1.807, 2.05) is 4.90 Å². The van der Waals surface area contributed by atoms with E-state index < -0.39 is 4.92 Å². The number of hydrogen-bond donors (Lipinski definition) is 3. The van der Waals surface area contributed by atoms with Gasteiger partial charge in [0.05, 0.1) is 24.4 Å². The Kier molecular flexibility index (Phi) is 7.03. The minimum atomic E-state index is -0.566. The number of halogens is 1. The molecule has 1 fully saturated rings. The zero-order valence-electron chi connectivity index (χ0n) is 17.9. The van der Waals surface area contributed by atoms with Crippen molar-refractivity contribution in [3.8, 4) is 5.75 Å². The topological polar surface area (TPSA) is 151 Å². The number of non-ortho nitro benzene ring substituents is 1. The highest BCUT2D eigenvalue weighted by atomic mass is 19.1. The number of anilines is 3. The van der Waals surface area contributed by atoms with Crippen LogP contribution in [0.2, 0.25) is 0 Å². The Morgan fingerprint density at radius 2 is 1.88 bits per heavy atom. The van der Waals surface area contributed by atoms with Crippen molar-refractivity contribution in [2.45, 2.75) is 6.54 Å². The summed E-state index contributed by atoms with van der Waals surface area (Å²) in [6.07, 6.45) is 1.23. The first-order valence-corrected chi connectivity index (χ1v) is 10.3. The molecule has 176 valence electrons. The summed E-state index contributed by atoms with van der Waals surface area (Å²) in [5.41, 5.74) is 3.48. The quantitative estimate of drug-likeness (QED) is 0.255. The van der Waals surface area contributed by atoms with E-state index in [0.29, 0.717) is 38.8 Å². The SMILES string of the molecule is O=[N+]([O-])c1ccc(O)c(/C=N/Nc2nc(NCc3ccc(F)cc3)nc(N3CCOCC3)n2)c1. The first-order valence-electron chi connectivity index (χ1n) is 10.3. The van der Waals surface area contributed by atoms with Gasteiger partial charge in [-0.2, -0.15) is 20.1 Å². The van der Waals surface area contributed by atoms with Gasteiger partial charge < -0.3 is 20.1 Å². The minimum Gasteiger partial charge on any atom is -0.507 e. The van der Waals surface area contributed by atoms with Gasteiger partial charge in [-0.3, -0.25) is 10.1 Å². The molecule has 2 aromatic carbocycles. The molecule has 12 nitrogen and oxygen atoms in total. The Labute approximate surface area is 193 Å². The van der Waals surface area contributed by atoms with Crippen LogP contribution in [-0.2, 0) is 11.3 Å². The number of hydrazone groups is 1. The van der Waals surface area contributed by atoms with E-state index in [4.69, 9.17) is 4.74 Å². The predicted octanol–water partition coefficient (Wildman–Crippen LogP) is 2.52. The molecule has 0 radical (unpaired) electrons. The molecule has 0 bridgehead atoms. The van der Waals surface area contributed by atoms with Crippen LogP contribution in [0.3, 0.4) is 0 Å². The molecule has 0 atom stereocenters. The Hall–Kier alpha value is -4.39. The molecular formula is C21H21FN8O4. The second-order valence-corrected chi connectivity index (χ2v) is 7.23. The maximum atomic E-state index is 13.1. The van der Waals surface area contributed by atoms with E-state index in [0.717, 1.165) is 5.56 Å². The van der Waals surface area contributed by atoms with Gasteiger partial charge in [0.15, 0.2) is 0 Å². The number of morpholine rings is 1. The number of aromatic hydroxyl groups is 1. The van der Waals surface area contributed by atoms with Crippen LogP contribution < -0.4 is 15.6 Å². The molecule has 3 aromatic rings.